The monoisotopic (exact) mass is 1260 g/mol. The number of carboxylic acids is 7. The summed E-state index contributed by atoms with van der Waals surface area (Å²) >= 11 is 0. The first kappa shape index (κ1) is 70.5. The minimum absolute atomic E-state index is 0.0193. The summed E-state index contributed by atoms with van der Waals surface area (Å²) < 4.78 is 18.8. The van der Waals surface area contributed by atoms with Gasteiger partial charge in [0.05, 0.1) is 50.7 Å². The quantitative estimate of drug-likeness (QED) is 0.0261. The standard InChI is InChI=1S/C54H75N12O21P/c67-42(56-38(52(79)80)14-16-43(68)57-39(53(81)82)18-29-87-88(85,86)59-40(54(83)84)15-17-46(71)72)12-5-6-13-45(70)65-30-35-8-1-2-9-36(35)51-50(37-10-3-4-11-41(37)65)58-60-66(51)20-7-19-55-44(69)31-61-21-23-62(32-47(73)74)25-27-64(34-49(77)78)28-26-63(24-22-61)33-48(75)76/h1-4,8-11,38-40H,5-7,12-34H2,(H,55,69)(H,56,67)(H,57,68)(H,71,72)(H,73,74)(H,75,76)(H,77,78)(H,79,80)(H,81,82)(H,83,84)(H2,59,85,86)/t38-,39+,40+/m1/s1. The van der Waals surface area contributed by atoms with Gasteiger partial charge in [-0.1, -0.05) is 47.7 Å². The Morgan fingerprint density at radius 1 is 0.545 bits per heavy atom. The van der Waals surface area contributed by atoms with Crippen LogP contribution in [0.3, 0.4) is 0 Å². The predicted molar refractivity (Wildman–Crippen MR) is 307 cm³/mol. The second-order valence-electron chi connectivity index (χ2n) is 20.9. The number of amides is 4. The molecule has 1 saturated heterocycles. The molecule has 3 aromatic rings. The molecule has 5 rings (SSSR count). The van der Waals surface area contributed by atoms with E-state index in [9.17, 15) is 92.8 Å². The maximum atomic E-state index is 14.2. The number of anilines is 1. The van der Waals surface area contributed by atoms with Crippen molar-refractivity contribution >= 4 is 78.8 Å². The average molecular weight is 1260 g/mol. The van der Waals surface area contributed by atoms with Crippen LogP contribution in [0.2, 0.25) is 0 Å². The number of aryl methyl sites for hydroxylation is 1. The minimum Gasteiger partial charge on any atom is -0.481 e. The third kappa shape index (κ3) is 23.8. The molecule has 33 nitrogen and oxygen atoms in total. The Labute approximate surface area is 504 Å². The number of benzene rings is 2. The molecule has 4 atom stereocenters. The molecule has 2 aliphatic rings. The lowest BCUT2D eigenvalue weighted by atomic mass is 9.95. The summed E-state index contributed by atoms with van der Waals surface area (Å²) in [6, 6.07) is 9.52. The second kappa shape index (κ2) is 34.9. The van der Waals surface area contributed by atoms with Crippen molar-refractivity contribution in [2.45, 2.75) is 95.4 Å². The molecular weight excluding hydrogens is 1180 g/mol. The molecule has 0 aliphatic carbocycles. The van der Waals surface area contributed by atoms with Crippen molar-refractivity contribution in [2.75, 3.05) is 96.6 Å². The van der Waals surface area contributed by atoms with E-state index in [2.05, 4.69) is 26.3 Å². The highest BCUT2D eigenvalue weighted by molar-refractivity contribution is 7.50. The normalized spacial score (nSPS) is 16.2. The minimum atomic E-state index is -4.90. The van der Waals surface area contributed by atoms with Crippen LogP contribution in [-0.2, 0) is 74.9 Å². The zero-order valence-electron chi connectivity index (χ0n) is 48.1. The maximum Gasteiger partial charge on any atom is 0.403 e. The van der Waals surface area contributed by atoms with Crippen molar-refractivity contribution in [3.63, 3.8) is 0 Å². The number of nitrogens with zero attached hydrogens (tertiary/aromatic N) is 8. The number of hydrogen-bond acceptors (Lipinski definition) is 19. The Morgan fingerprint density at radius 3 is 1.58 bits per heavy atom. The molecular formula is C54H75N12O21P. The van der Waals surface area contributed by atoms with Crippen molar-refractivity contribution in [3.8, 4) is 22.5 Å². The zero-order chi connectivity index (χ0) is 64.5. The molecule has 34 heteroatoms. The molecule has 2 aromatic carbocycles. The number of carbonyl (C=O) groups excluding carboxylic acids is 4. The third-order valence-electron chi connectivity index (χ3n) is 14.2. The number of nitrogens with one attached hydrogen (secondary N) is 4. The topological polar surface area (TPSA) is 471 Å². The first-order chi connectivity index (χ1) is 41.8. The lowest BCUT2D eigenvalue weighted by molar-refractivity contribution is -0.143. The van der Waals surface area contributed by atoms with Crippen LogP contribution in [0, 0.1) is 0 Å². The van der Waals surface area contributed by atoms with E-state index in [1.54, 1.807) is 47.6 Å². The van der Waals surface area contributed by atoms with Crippen LogP contribution in [0.1, 0.15) is 69.8 Å². The van der Waals surface area contributed by atoms with Crippen LogP contribution in [0.5, 0.6) is 0 Å². The highest BCUT2D eigenvalue weighted by atomic mass is 31.2. The van der Waals surface area contributed by atoms with E-state index in [0.717, 1.165) is 11.1 Å². The summed E-state index contributed by atoms with van der Waals surface area (Å²) in [6.45, 7) is 0.935. The molecule has 3 heterocycles. The molecule has 88 heavy (non-hydrogen) atoms. The van der Waals surface area contributed by atoms with Crippen LogP contribution >= 0.6 is 7.75 Å². The number of carboxylic acid groups (broad SMARTS) is 7. The number of fused-ring (bicyclic) bond motifs is 5. The largest absolute Gasteiger partial charge is 0.481 e. The van der Waals surface area contributed by atoms with Crippen LogP contribution in [0.4, 0.5) is 5.69 Å². The predicted octanol–water partition coefficient (Wildman–Crippen LogP) is -0.666. The van der Waals surface area contributed by atoms with E-state index < -0.39 is 118 Å². The summed E-state index contributed by atoms with van der Waals surface area (Å²) in [5.41, 5.74) is 3.85. The molecule has 1 fully saturated rings. The smallest absolute Gasteiger partial charge is 0.403 e. The molecule has 1 unspecified atom stereocenters. The Morgan fingerprint density at radius 2 is 1.03 bits per heavy atom. The van der Waals surface area contributed by atoms with Crippen molar-refractivity contribution < 1.29 is 102 Å². The fourth-order valence-electron chi connectivity index (χ4n) is 9.75. The van der Waals surface area contributed by atoms with Crippen molar-refractivity contribution in [2.24, 2.45) is 0 Å². The van der Waals surface area contributed by atoms with Gasteiger partial charge >= 0.3 is 49.5 Å². The number of hydrogen-bond donors (Lipinski definition) is 12. The SMILES string of the molecule is O=C(O)CC[C@H](NP(=O)(O)OCC[C@H](NC(=O)CC[C@@H](NC(=O)CCCCC(=O)N1Cc2ccccc2-c2c(nnn2CCCNC(=O)CN2CCN(CC(=O)O)CCN(CC(=O)O)CCN(CC(=O)O)CC2)-c2ccccc21)C(=O)O)C(=O)O)C(=O)O. The number of aliphatic carboxylic acids is 7. The first-order valence-electron chi connectivity index (χ1n) is 28.3. The van der Waals surface area contributed by atoms with Gasteiger partial charge in [-0.25, -0.2) is 23.9 Å². The van der Waals surface area contributed by atoms with Crippen molar-refractivity contribution in [1.82, 2.24) is 55.6 Å². The number of unbranched alkanes of at least 4 members (excludes halogenated alkanes) is 1. The van der Waals surface area contributed by atoms with E-state index in [1.165, 1.54) is 0 Å². The van der Waals surface area contributed by atoms with Crippen LogP contribution in [0.25, 0.3) is 22.5 Å². The van der Waals surface area contributed by atoms with Crippen LogP contribution in [-0.4, -0.2) is 250 Å². The van der Waals surface area contributed by atoms with E-state index >= 15 is 0 Å². The van der Waals surface area contributed by atoms with E-state index in [-0.39, 0.29) is 129 Å². The maximum absolute atomic E-state index is 14.2. The molecule has 482 valence electrons. The van der Waals surface area contributed by atoms with Crippen molar-refractivity contribution in [1.29, 1.82) is 0 Å². The fraction of sp³-hybridized carbons (Fsp3) is 0.537. The molecule has 12 N–H and O–H groups in total. The Kier molecular flexibility index (Phi) is 27.9. The Balaban J connectivity index is 1.13. The summed E-state index contributed by atoms with van der Waals surface area (Å²) in [5, 5.41) is 84.4. The summed E-state index contributed by atoms with van der Waals surface area (Å²) in [4.78, 5) is 153. The Bertz CT molecular complexity index is 2990. The number of aromatic nitrogens is 3. The van der Waals surface area contributed by atoms with Gasteiger partial charge in [0.2, 0.25) is 23.6 Å². The van der Waals surface area contributed by atoms with Gasteiger partial charge in [-0.2, -0.15) is 0 Å². The van der Waals surface area contributed by atoms with Gasteiger partial charge in [-0.3, -0.25) is 67.3 Å². The molecule has 2 aliphatic heterocycles. The second-order valence-corrected chi connectivity index (χ2v) is 22.5. The molecule has 0 radical (unpaired) electrons. The number of carbonyl (C=O) groups is 11. The molecule has 0 spiro atoms. The van der Waals surface area contributed by atoms with Gasteiger partial charge in [0.25, 0.3) is 0 Å². The first-order valence-corrected chi connectivity index (χ1v) is 29.8. The Hall–Kier alpha value is -8.30. The van der Waals surface area contributed by atoms with Gasteiger partial charge in [0.15, 0.2) is 0 Å². The van der Waals surface area contributed by atoms with Crippen LogP contribution < -0.4 is 25.9 Å². The molecule has 0 bridgehead atoms. The summed E-state index contributed by atoms with van der Waals surface area (Å²) in [6.07, 6.45) is -2.32. The summed E-state index contributed by atoms with van der Waals surface area (Å²) in [5.74, 6) is -11.6. The molecule has 0 saturated carbocycles. The van der Waals surface area contributed by atoms with Crippen LogP contribution in [0.15, 0.2) is 48.5 Å². The number of para-hydroxylation sites is 1. The van der Waals surface area contributed by atoms with E-state index in [1.807, 2.05) is 35.2 Å². The zero-order valence-corrected chi connectivity index (χ0v) is 49.0. The molecule has 1 aromatic heterocycles. The van der Waals surface area contributed by atoms with Gasteiger partial charge < -0.3 is 61.5 Å². The molecule has 4 amide bonds. The van der Waals surface area contributed by atoms with Gasteiger partial charge in [0, 0.05) is 109 Å². The number of rotatable bonds is 34. The lowest BCUT2D eigenvalue weighted by Gasteiger charge is -2.32. The van der Waals surface area contributed by atoms with E-state index in [4.69, 9.17) is 9.63 Å². The van der Waals surface area contributed by atoms with Gasteiger partial charge in [-0.05, 0) is 43.7 Å². The fourth-order valence-corrected chi connectivity index (χ4v) is 10.8. The lowest BCUT2D eigenvalue weighted by Crippen LogP contribution is -2.49. The summed E-state index contributed by atoms with van der Waals surface area (Å²) in [7, 11) is -4.90. The average Bonchev–Trinajstić information content (AvgIpc) is 2.34. The third-order valence-corrected chi connectivity index (χ3v) is 15.4. The highest BCUT2D eigenvalue weighted by Crippen LogP contribution is 2.41. The van der Waals surface area contributed by atoms with Crippen molar-refractivity contribution in [3.05, 3.63) is 54.1 Å². The van der Waals surface area contributed by atoms with E-state index in [0.29, 0.717) is 35.6 Å². The van der Waals surface area contributed by atoms with Gasteiger partial charge in [0.1, 0.15) is 23.8 Å². The van der Waals surface area contributed by atoms with Gasteiger partial charge in [-0.15, -0.1) is 5.10 Å². The highest BCUT2D eigenvalue weighted by Gasteiger charge is 2.33.